The van der Waals surface area contributed by atoms with Gasteiger partial charge in [-0.25, -0.2) is 0 Å². The summed E-state index contributed by atoms with van der Waals surface area (Å²) < 4.78 is 5.36. The van der Waals surface area contributed by atoms with Gasteiger partial charge in [0, 0.05) is 32.2 Å². The van der Waals surface area contributed by atoms with Crippen LogP contribution in [0.25, 0.3) is 0 Å². The van der Waals surface area contributed by atoms with Crippen LogP contribution >= 0.6 is 0 Å². The van der Waals surface area contributed by atoms with E-state index in [1.807, 2.05) is 6.92 Å². The second-order valence-corrected chi connectivity index (χ2v) is 5.10. The molecule has 6 nitrogen and oxygen atoms in total. The minimum Gasteiger partial charge on any atom is -0.337 e. The minimum atomic E-state index is 0.0378. The molecule has 0 aliphatic carbocycles. The van der Waals surface area contributed by atoms with Gasteiger partial charge in [-0.15, -0.1) is 0 Å². The molecule has 6 heteroatoms. The normalized spacial score (nSPS) is 21.0. The summed E-state index contributed by atoms with van der Waals surface area (Å²) in [6.45, 7) is 8.04. The molecule has 1 fully saturated rings. The number of aromatic nitrogens is 2. The van der Waals surface area contributed by atoms with Crippen LogP contribution in [0.15, 0.2) is 4.52 Å². The van der Waals surface area contributed by atoms with Crippen LogP contribution in [0.1, 0.15) is 32.1 Å². The summed E-state index contributed by atoms with van der Waals surface area (Å²) in [4.78, 5) is 8.97. The van der Waals surface area contributed by atoms with E-state index in [1.54, 1.807) is 0 Å². The lowest BCUT2D eigenvalue weighted by atomic mass is 9.99. The lowest BCUT2D eigenvalue weighted by molar-refractivity contribution is 0.307. The Morgan fingerprint density at radius 2 is 2.00 bits per heavy atom. The zero-order valence-corrected chi connectivity index (χ0v) is 11.5. The summed E-state index contributed by atoms with van der Waals surface area (Å²) >= 11 is 0. The van der Waals surface area contributed by atoms with Gasteiger partial charge in [-0.05, 0) is 25.5 Å². The fourth-order valence-electron chi connectivity index (χ4n) is 2.28. The van der Waals surface area contributed by atoms with Gasteiger partial charge < -0.3 is 20.1 Å². The van der Waals surface area contributed by atoms with E-state index in [4.69, 9.17) is 10.3 Å². The number of anilines is 1. The van der Waals surface area contributed by atoms with Gasteiger partial charge in [-0.3, -0.25) is 0 Å². The van der Waals surface area contributed by atoms with E-state index in [0.717, 1.165) is 32.6 Å². The fourth-order valence-corrected chi connectivity index (χ4v) is 2.28. The maximum absolute atomic E-state index is 5.94. The Bertz CT molecular complexity index is 370. The number of rotatable bonds is 4. The van der Waals surface area contributed by atoms with Crippen LogP contribution in [0, 0.1) is 0 Å². The van der Waals surface area contributed by atoms with Crippen LogP contribution in [0.5, 0.6) is 0 Å². The highest BCUT2D eigenvalue weighted by atomic mass is 16.5. The molecular weight excluding hydrogens is 230 g/mol. The molecule has 2 N–H and O–H groups in total. The van der Waals surface area contributed by atoms with E-state index in [2.05, 4.69) is 33.9 Å². The van der Waals surface area contributed by atoms with E-state index >= 15 is 0 Å². The molecule has 18 heavy (non-hydrogen) atoms. The molecule has 0 aromatic carbocycles. The Kier molecular flexibility index (Phi) is 4.19. The molecule has 0 bridgehead atoms. The Hall–Kier alpha value is -1.14. The highest BCUT2D eigenvalue weighted by Gasteiger charge is 2.24. The molecule has 2 unspecified atom stereocenters. The van der Waals surface area contributed by atoms with Crippen molar-refractivity contribution in [2.75, 3.05) is 38.1 Å². The predicted octanol–water partition coefficient (Wildman–Crippen LogP) is 0.662. The van der Waals surface area contributed by atoms with E-state index in [-0.39, 0.29) is 12.0 Å². The van der Waals surface area contributed by atoms with Crippen LogP contribution in [0.3, 0.4) is 0 Å². The molecule has 0 spiro atoms. The fraction of sp³-hybridized carbons (Fsp3) is 0.833. The summed E-state index contributed by atoms with van der Waals surface area (Å²) in [5, 5.41) is 4.08. The smallest absolute Gasteiger partial charge is 0.266 e. The quantitative estimate of drug-likeness (QED) is 0.850. The van der Waals surface area contributed by atoms with Crippen LogP contribution < -0.4 is 10.6 Å². The molecule has 2 rings (SSSR count). The van der Waals surface area contributed by atoms with Crippen molar-refractivity contribution in [2.45, 2.75) is 32.2 Å². The number of piperazine rings is 1. The van der Waals surface area contributed by atoms with Crippen molar-refractivity contribution >= 4 is 5.95 Å². The number of hydrogen-bond acceptors (Lipinski definition) is 6. The van der Waals surface area contributed by atoms with Crippen molar-refractivity contribution in [2.24, 2.45) is 5.73 Å². The average Bonchev–Trinajstić information content (AvgIpc) is 2.80. The molecule has 0 saturated carbocycles. The highest BCUT2D eigenvalue weighted by molar-refractivity contribution is 5.29. The standard InChI is InChI=1S/C12H23N5O/c1-4-10(9(2)13)11-14-12(15-18-11)17-7-5-16(3)6-8-17/h9-10H,4-8,13H2,1-3H3. The molecule has 0 amide bonds. The van der Waals surface area contributed by atoms with Gasteiger partial charge in [0.15, 0.2) is 0 Å². The van der Waals surface area contributed by atoms with Crippen molar-refractivity contribution < 1.29 is 4.52 Å². The van der Waals surface area contributed by atoms with E-state index < -0.39 is 0 Å². The van der Waals surface area contributed by atoms with Crippen LogP contribution in [-0.4, -0.2) is 54.3 Å². The molecule has 1 aliphatic rings. The highest BCUT2D eigenvalue weighted by Crippen LogP contribution is 2.23. The summed E-state index contributed by atoms with van der Waals surface area (Å²) in [6.07, 6.45) is 0.919. The number of likely N-dealkylation sites (N-methyl/N-ethyl adjacent to an activating group) is 1. The zero-order chi connectivity index (χ0) is 13.1. The minimum absolute atomic E-state index is 0.0378. The maximum atomic E-state index is 5.94. The van der Waals surface area contributed by atoms with Crippen LogP contribution in [0.2, 0.25) is 0 Å². The van der Waals surface area contributed by atoms with Crippen molar-refractivity contribution in [1.29, 1.82) is 0 Å². The van der Waals surface area contributed by atoms with Gasteiger partial charge in [-0.2, -0.15) is 4.98 Å². The SMILES string of the molecule is CCC(c1nc(N2CCN(C)CC2)no1)C(C)N. The number of nitrogens with two attached hydrogens (primary N) is 1. The summed E-state index contributed by atoms with van der Waals surface area (Å²) in [5.41, 5.74) is 5.94. The second-order valence-electron chi connectivity index (χ2n) is 5.10. The van der Waals surface area contributed by atoms with Crippen molar-refractivity contribution in [3.8, 4) is 0 Å². The van der Waals surface area contributed by atoms with Gasteiger partial charge >= 0.3 is 0 Å². The number of nitrogens with zero attached hydrogens (tertiary/aromatic N) is 4. The van der Waals surface area contributed by atoms with E-state index in [0.29, 0.717) is 11.8 Å². The Labute approximate surface area is 108 Å². The van der Waals surface area contributed by atoms with Gasteiger partial charge in [0.1, 0.15) is 0 Å². The van der Waals surface area contributed by atoms with E-state index in [1.165, 1.54) is 0 Å². The summed E-state index contributed by atoms with van der Waals surface area (Å²) in [5.74, 6) is 1.53. The second kappa shape index (κ2) is 5.67. The average molecular weight is 253 g/mol. The van der Waals surface area contributed by atoms with Gasteiger partial charge in [0.25, 0.3) is 5.95 Å². The number of hydrogen-bond donors (Lipinski definition) is 1. The molecule has 1 aromatic rings. The third-order valence-corrected chi connectivity index (χ3v) is 3.61. The molecular formula is C12H23N5O. The van der Waals surface area contributed by atoms with Crippen LogP contribution in [-0.2, 0) is 0 Å². The van der Waals surface area contributed by atoms with Gasteiger partial charge in [0.2, 0.25) is 5.89 Å². The van der Waals surface area contributed by atoms with Crippen LogP contribution in [0.4, 0.5) is 5.95 Å². The third-order valence-electron chi connectivity index (χ3n) is 3.61. The molecule has 0 radical (unpaired) electrons. The van der Waals surface area contributed by atoms with Crippen molar-refractivity contribution in [3.63, 3.8) is 0 Å². The Morgan fingerprint density at radius 3 is 2.56 bits per heavy atom. The van der Waals surface area contributed by atoms with E-state index in [9.17, 15) is 0 Å². The predicted molar refractivity (Wildman–Crippen MR) is 70.7 cm³/mol. The molecule has 1 aromatic heterocycles. The Morgan fingerprint density at radius 1 is 1.33 bits per heavy atom. The molecule has 1 saturated heterocycles. The Balaban J connectivity index is 2.05. The van der Waals surface area contributed by atoms with Crippen molar-refractivity contribution in [3.05, 3.63) is 5.89 Å². The monoisotopic (exact) mass is 253 g/mol. The van der Waals surface area contributed by atoms with Crippen molar-refractivity contribution in [1.82, 2.24) is 15.0 Å². The molecule has 102 valence electrons. The maximum Gasteiger partial charge on any atom is 0.266 e. The first-order valence-corrected chi connectivity index (χ1v) is 6.64. The molecule has 1 aliphatic heterocycles. The zero-order valence-electron chi connectivity index (χ0n) is 11.5. The lowest BCUT2D eigenvalue weighted by Gasteiger charge is -2.31. The third kappa shape index (κ3) is 2.81. The molecule has 2 heterocycles. The van der Waals surface area contributed by atoms with Gasteiger partial charge in [-0.1, -0.05) is 6.92 Å². The first-order chi connectivity index (χ1) is 8.61. The first-order valence-electron chi connectivity index (χ1n) is 6.64. The summed E-state index contributed by atoms with van der Waals surface area (Å²) in [6, 6.07) is 0.0378. The largest absolute Gasteiger partial charge is 0.337 e. The molecule has 2 atom stereocenters. The first kappa shape index (κ1) is 13.3. The van der Waals surface area contributed by atoms with Gasteiger partial charge in [0.05, 0.1) is 5.92 Å². The summed E-state index contributed by atoms with van der Waals surface area (Å²) in [7, 11) is 2.13. The topological polar surface area (TPSA) is 71.4 Å². The lowest BCUT2D eigenvalue weighted by Crippen LogP contribution is -2.44.